The Kier molecular flexibility index (Phi) is 5.11. The number of hydrogen-bond acceptors (Lipinski definition) is 3. The van der Waals surface area contributed by atoms with Gasteiger partial charge in [0.15, 0.2) is 5.15 Å². The van der Waals surface area contributed by atoms with Crippen LogP contribution in [0.15, 0.2) is 41.0 Å². The normalized spacial score (nSPS) is 10.3. The van der Waals surface area contributed by atoms with E-state index in [2.05, 4.69) is 26.2 Å². The molecule has 1 amide bonds. The molecule has 3 N–H and O–H groups in total. The van der Waals surface area contributed by atoms with Gasteiger partial charge >= 0.3 is 0 Å². The highest BCUT2D eigenvalue weighted by atomic mass is 79.9. The van der Waals surface area contributed by atoms with Crippen LogP contribution in [0, 0.1) is 0 Å². The van der Waals surface area contributed by atoms with Gasteiger partial charge in [-0.15, -0.1) is 0 Å². The Labute approximate surface area is 130 Å². The number of carbonyl (C=O) groups excluding carboxylic acids is 1. The van der Waals surface area contributed by atoms with E-state index in [0.29, 0.717) is 12.2 Å². The molecule has 0 unspecified atom stereocenters. The van der Waals surface area contributed by atoms with Crippen LogP contribution in [0.25, 0.3) is 0 Å². The predicted octanol–water partition coefficient (Wildman–Crippen LogP) is 3.14. The van der Waals surface area contributed by atoms with Crippen molar-refractivity contribution in [3.05, 3.63) is 57.3 Å². The summed E-state index contributed by atoms with van der Waals surface area (Å²) in [5.41, 5.74) is 8.00. The van der Waals surface area contributed by atoms with Gasteiger partial charge in [-0.2, -0.15) is 0 Å². The van der Waals surface area contributed by atoms with E-state index in [1.165, 1.54) is 0 Å². The molecule has 0 bridgehead atoms. The smallest absolute Gasteiger partial charge is 0.228 e. The molecule has 6 heteroatoms. The van der Waals surface area contributed by atoms with Crippen molar-refractivity contribution in [2.45, 2.75) is 13.0 Å². The molecule has 0 saturated carbocycles. The van der Waals surface area contributed by atoms with E-state index < -0.39 is 0 Å². The molecular weight excluding hydrogens is 342 g/mol. The summed E-state index contributed by atoms with van der Waals surface area (Å²) in [6, 6.07) is 9.30. The minimum Gasteiger partial charge on any atom is -0.326 e. The van der Waals surface area contributed by atoms with Crippen molar-refractivity contribution in [3.8, 4) is 0 Å². The van der Waals surface area contributed by atoms with Crippen molar-refractivity contribution in [1.82, 2.24) is 4.98 Å². The SMILES string of the molecule is NCc1ccccc1CC(=O)Nc1cc(Br)cnc1Cl. The van der Waals surface area contributed by atoms with Crippen LogP contribution in [0.5, 0.6) is 0 Å². The van der Waals surface area contributed by atoms with Crippen LogP contribution in [-0.2, 0) is 17.8 Å². The molecule has 0 spiro atoms. The highest BCUT2D eigenvalue weighted by Crippen LogP contribution is 2.23. The van der Waals surface area contributed by atoms with E-state index in [-0.39, 0.29) is 17.5 Å². The number of rotatable bonds is 4. The summed E-state index contributed by atoms with van der Waals surface area (Å²) in [5, 5.41) is 3.00. The fourth-order valence-electron chi connectivity index (χ4n) is 1.81. The van der Waals surface area contributed by atoms with Crippen molar-refractivity contribution >= 4 is 39.1 Å². The molecule has 0 radical (unpaired) electrons. The maximum absolute atomic E-state index is 12.1. The molecule has 1 aromatic carbocycles. The molecule has 104 valence electrons. The van der Waals surface area contributed by atoms with Crippen molar-refractivity contribution in [3.63, 3.8) is 0 Å². The van der Waals surface area contributed by atoms with Crippen LogP contribution in [0.4, 0.5) is 5.69 Å². The second kappa shape index (κ2) is 6.83. The van der Waals surface area contributed by atoms with Gasteiger partial charge in [-0.25, -0.2) is 4.98 Å². The fraction of sp³-hybridized carbons (Fsp3) is 0.143. The van der Waals surface area contributed by atoms with E-state index >= 15 is 0 Å². The lowest BCUT2D eigenvalue weighted by atomic mass is 10.0. The average Bonchev–Trinajstić information content (AvgIpc) is 2.43. The Morgan fingerprint density at radius 1 is 1.35 bits per heavy atom. The first kappa shape index (κ1) is 15.0. The highest BCUT2D eigenvalue weighted by molar-refractivity contribution is 9.10. The Hall–Kier alpha value is -1.43. The molecule has 4 nitrogen and oxygen atoms in total. The van der Waals surface area contributed by atoms with E-state index in [4.69, 9.17) is 17.3 Å². The number of halogens is 2. The summed E-state index contributed by atoms with van der Waals surface area (Å²) in [4.78, 5) is 16.0. The van der Waals surface area contributed by atoms with Crippen LogP contribution >= 0.6 is 27.5 Å². The summed E-state index contributed by atoms with van der Waals surface area (Å²) < 4.78 is 0.750. The van der Waals surface area contributed by atoms with Crippen molar-refractivity contribution in [1.29, 1.82) is 0 Å². The van der Waals surface area contributed by atoms with E-state index in [1.54, 1.807) is 12.3 Å². The van der Waals surface area contributed by atoms with Crippen molar-refractivity contribution in [2.24, 2.45) is 5.73 Å². The lowest BCUT2D eigenvalue weighted by Gasteiger charge is -2.09. The first-order chi connectivity index (χ1) is 9.60. The number of nitrogens with one attached hydrogen (secondary N) is 1. The van der Waals surface area contributed by atoms with Crippen LogP contribution in [0.1, 0.15) is 11.1 Å². The van der Waals surface area contributed by atoms with Crippen LogP contribution < -0.4 is 11.1 Å². The van der Waals surface area contributed by atoms with Gasteiger partial charge in [0, 0.05) is 17.2 Å². The first-order valence-electron chi connectivity index (χ1n) is 5.98. The minimum atomic E-state index is -0.160. The van der Waals surface area contributed by atoms with Gasteiger partial charge in [-0.05, 0) is 33.1 Å². The third kappa shape index (κ3) is 3.79. The molecule has 1 aromatic heterocycles. The largest absolute Gasteiger partial charge is 0.326 e. The maximum atomic E-state index is 12.1. The molecule has 2 rings (SSSR count). The molecule has 0 aliphatic carbocycles. The van der Waals surface area contributed by atoms with Gasteiger partial charge in [-0.1, -0.05) is 35.9 Å². The summed E-state index contributed by atoms with van der Waals surface area (Å²) in [6.45, 7) is 0.405. The number of anilines is 1. The van der Waals surface area contributed by atoms with Crippen molar-refractivity contribution in [2.75, 3.05) is 5.32 Å². The minimum absolute atomic E-state index is 0.160. The third-order valence-corrected chi connectivity index (χ3v) is 3.50. The second-order valence-corrected chi connectivity index (χ2v) is 5.46. The molecular formula is C14H13BrClN3O. The molecule has 20 heavy (non-hydrogen) atoms. The molecule has 1 heterocycles. The zero-order chi connectivity index (χ0) is 14.5. The number of pyridine rings is 1. The van der Waals surface area contributed by atoms with Gasteiger partial charge in [0.05, 0.1) is 12.1 Å². The number of aromatic nitrogens is 1. The van der Waals surface area contributed by atoms with Gasteiger partial charge in [0.25, 0.3) is 0 Å². The molecule has 0 aliphatic heterocycles. The lowest BCUT2D eigenvalue weighted by Crippen LogP contribution is -2.16. The van der Waals surface area contributed by atoms with Crippen LogP contribution in [-0.4, -0.2) is 10.9 Å². The number of carbonyl (C=O) groups is 1. The first-order valence-corrected chi connectivity index (χ1v) is 7.15. The number of benzene rings is 1. The topological polar surface area (TPSA) is 68.0 Å². The molecule has 0 fully saturated rings. The Morgan fingerprint density at radius 3 is 2.75 bits per heavy atom. The van der Waals surface area contributed by atoms with Crippen LogP contribution in [0.2, 0.25) is 5.15 Å². The Bertz CT molecular complexity index is 634. The number of hydrogen-bond donors (Lipinski definition) is 2. The standard InChI is InChI=1S/C14H13BrClN3O/c15-11-6-12(14(16)18-8-11)19-13(20)5-9-3-1-2-4-10(9)7-17/h1-4,6,8H,5,7,17H2,(H,19,20). The van der Waals surface area contributed by atoms with E-state index in [1.807, 2.05) is 24.3 Å². The predicted molar refractivity (Wildman–Crippen MR) is 83.6 cm³/mol. The molecule has 2 aromatic rings. The Balaban J connectivity index is 2.11. The van der Waals surface area contributed by atoms with E-state index in [0.717, 1.165) is 15.6 Å². The van der Waals surface area contributed by atoms with Crippen LogP contribution in [0.3, 0.4) is 0 Å². The highest BCUT2D eigenvalue weighted by Gasteiger charge is 2.10. The third-order valence-electron chi connectivity index (χ3n) is 2.77. The molecule has 0 atom stereocenters. The fourth-order valence-corrected chi connectivity index (χ4v) is 2.29. The lowest BCUT2D eigenvalue weighted by molar-refractivity contribution is -0.115. The summed E-state index contributed by atoms with van der Waals surface area (Å²) in [5.74, 6) is -0.160. The maximum Gasteiger partial charge on any atom is 0.228 e. The van der Waals surface area contributed by atoms with Gasteiger partial charge in [0.2, 0.25) is 5.91 Å². The van der Waals surface area contributed by atoms with Gasteiger partial charge < -0.3 is 11.1 Å². The zero-order valence-corrected chi connectivity index (χ0v) is 12.9. The van der Waals surface area contributed by atoms with E-state index in [9.17, 15) is 4.79 Å². The monoisotopic (exact) mass is 353 g/mol. The molecule has 0 saturated heterocycles. The summed E-state index contributed by atoms with van der Waals surface area (Å²) in [7, 11) is 0. The summed E-state index contributed by atoms with van der Waals surface area (Å²) in [6.07, 6.45) is 1.82. The molecule has 0 aliphatic rings. The zero-order valence-electron chi connectivity index (χ0n) is 10.6. The average molecular weight is 355 g/mol. The van der Waals surface area contributed by atoms with Gasteiger partial charge in [0.1, 0.15) is 0 Å². The van der Waals surface area contributed by atoms with Crippen molar-refractivity contribution < 1.29 is 4.79 Å². The quantitative estimate of drug-likeness (QED) is 0.829. The summed E-state index contributed by atoms with van der Waals surface area (Å²) >= 11 is 9.22. The Morgan fingerprint density at radius 2 is 2.05 bits per heavy atom. The number of amides is 1. The number of nitrogens with two attached hydrogens (primary N) is 1. The van der Waals surface area contributed by atoms with Gasteiger partial charge in [-0.3, -0.25) is 4.79 Å². The second-order valence-electron chi connectivity index (χ2n) is 4.19. The number of nitrogens with zero attached hydrogens (tertiary/aromatic N) is 1.